The minimum atomic E-state index is -0.759. The second kappa shape index (κ2) is 10.3. The average Bonchev–Trinajstić information content (AvgIpc) is 3.39. The molecule has 2 saturated heterocycles. The van der Waals surface area contributed by atoms with Crippen molar-refractivity contribution < 1.29 is 19.8 Å². The van der Waals surface area contributed by atoms with E-state index in [1.807, 2.05) is 36.4 Å². The van der Waals surface area contributed by atoms with Gasteiger partial charge in [0.05, 0.1) is 11.8 Å². The van der Waals surface area contributed by atoms with Crippen molar-refractivity contribution in [1.82, 2.24) is 10.6 Å². The van der Waals surface area contributed by atoms with Crippen LogP contribution in [-0.4, -0.2) is 48.3 Å². The quantitative estimate of drug-likeness (QED) is 0.569. The molecule has 2 fully saturated rings. The van der Waals surface area contributed by atoms with Crippen molar-refractivity contribution in [1.29, 1.82) is 0 Å². The molecule has 6 nitrogen and oxygen atoms in total. The molecular weight excluding hydrogens is 427 g/mol. The summed E-state index contributed by atoms with van der Waals surface area (Å²) in [6, 6.07) is 14.9. The summed E-state index contributed by atoms with van der Waals surface area (Å²) >= 11 is 12.1. The van der Waals surface area contributed by atoms with Gasteiger partial charge < -0.3 is 20.8 Å². The molecule has 2 aliphatic rings. The first-order valence-corrected chi connectivity index (χ1v) is 10.5. The van der Waals surface area contributed by atoms with Crippen LogP contribution in [0.3, 0.4) is 0 Å². The van der Waals surface area contributed by atoms with Gasteiger partial charge in [0.1, 0.15) is 0 Å². The first kappa shape index (κ1) is 22.6. The molecule has 4 rings (SSSR count). The van der Waals surface area contributed by atoms with Gasteiger partial charge in [-0.15, -0.1) is 0 Å². The first-order chi connectivity index (χ1) is 14.4. The highest BCUT2D eigenvalue weighted by Crippen LogP contribution is 2.33. The SMILES string of the molecule is O=C(O)[C@@H]1CNC[C@H]1c1ccccc1Cl.O=C(O)[C@H]1CNC[C@@H]1c1ccccc1Cl. The molecule has 0 spiro atoms. The maximum Gasteiger partial charge on any atom is 0.308 e. The molecule has 0 saturated carbocycles. The number of benzene rings is 2. The van der Waals surface area contributed by atoms with Crippen LogP contribution in [0.4, 0.5) is 0 Å². The van der Waals surface area contributed by atoms with Gasteiger partial charge in [0.15, 0.2) is 0 Å². The number of hydrogen-bond donors (Lipinski definition) is 4. The number of rotatable bonds is 4. The van der Waals surface area contributed by atoms with Gasteiger partial charge in [0.25, 0.3) is 0 Å². The van der Waals surface area contributed by atoms with Gasteiger partial charge in [-0.3, -0.25) is 9.59 Å². The van der Waals surface area contributed by atoms with Gasteiger partial charge in [-0.1, -0.05) is 59.6 Å². The van der Waals surface area contributed by atoms with Crippen LogP contribution in [0, 0.1) is 11.8 Å². The summed E-state index contributed by atoms with van der Waals surface area (Å²) in [6.07, 6.45) is 0. The third kappa shape index (κ3) is 5.13. The van der Waals surface area contributed by atoms with Crippen LogP contribution in [0.5, 0.6) is 0 Å². The summed E-state index contributed by atoms with van der Waals surface area (Å²) < 4.78 is 0. The van der Waals surface area contributed by atoms with Crippen LogP contribution in [0.1, 0.15) is 23.0 Å². The van der Waals surface area contributed by atoms with Crippen LogP contribution in [-0.2, 0) is 9.59 Å². The molecule has 0 radical (unpaired) electrons. The highest BCUT2D eigenvalue weighted by Gasteiger charge is 2.35. The van der Waals surface area contributed by atoms with Crippen molar-refractivity contribution in [2.45, 2.75) is 11.8 Å². The zero-order valence-electron chi connectivity index (χ0n) is 16.2. The van der Waals surface area contributed by atoms with E-state index in [0.29, 0.717) is 36.2 Å². The Hall–Kier alpha value is -2.12. The van der Waals surface area contributed by atoms with Crippen LogP contribution in [0.25, 0.3) is 0 Å². The number of carbonyl (C=O) groups is 2. The number of halogens is 2. The van der Waals surface area contributed by atoms with E-state index >= 15 is 0 Å². The van der Waals surface area contributed by atoms with Gasteiger partial charge in [-0.05, 0) is 23.3 Å². The van der Waals surface area contributed by atoms with Crippen LogP contribution in [0.15, 0.2) is 48.5 Å². The van der Waals surface area contributed by atoms with E-state index in [0.717, 1.165) is 11.1 Å². The number of aliphatic carboxylic acids is 2. The van der Waals surface area contributed by atoms with Crippen molar-refractivity contribution in [3.8, 4) is 0 Å². The maximum atomic E-state index is 11.0. The fraction of sp³-hybridized carbons (Fsp3) is 0.364. The molecule has 4 N–H and O–H groups in total. The molecule has 2 aromatic carbocycles. The first-order valence-electron chi connectivity index (χ1n) is 9.76. The zero-order chi connectivity index (χ0) is 21.7. The van der Waals surface area contributed by atoms with E-state index in [2.05, 4.69) is 10.6 Å². The molecule has 2 aliphatic heterocycles. The predicted octanol–water partition coefficient (Wildman–Crippen LogP) is 3.46. The molecule has 0 bridgehead atoms. The molecule has 2 heterocycles. The lowest BCUT2D eigenvalue weighted by atomic mass is 9.89. The second-order valence-electron chi connectivity index (χ2n) is 7.46. The predicted molar refractivity (Wildman–Crippen MR) is 116 cm³/mol. The molecule has 0 aromatic heterocycles. The minimum absolute atomic E-state index is 0.0174. The molecule has 2 aromatic rings. The lowest BCUT2D eigenvalue weighted by molar-refractivity contribution is -0.142. The van der Waals surface area contributed by atoms with Crippen molar-refractivity contribution in [2.75, 3.05) is 26.2 Å². The van der Waals surface area contributed by atoms with Gasteiger partial charge in [-0.25, -0.2) is 0 Å². The van der Waals surface area contributed by atoms with E-state index in [1.54, 1.807) is 12.1 Å². The molecule has 8 heteroatoms. The zero-order valence-corrected chi connectivity index (χ0v) is 17.7. The third-order valence-electron chi connectivity index (χ3n) is 5.67. The number of carboxylic acids is 2. The van der Waals surface area contributed by atoms with E-state index in [-0.39, 0.29) is 23.7 Å². The average molecular weight is 451 g/mol. The van der Waals surface area contributed by atoms with Gasteiger partial charge in [-0.2, -0.15) is 0 Å². The normalized spacial score (nSPS) is 25.4. The Morgan fingerprint density at radius 1 is 0.700 bits per heavy atom. The van der Waals surface area contributed by atoms with Crippen LogP contribution >= 0.6 is 23.2 Å². The maximum absolute atomic E-state index is 11.0. The molecule has 0 unspecified atom stereocenters. The highest BCUT2D eigenvalue weighted by atomic mass is 35.5. The monoisotopic (exact) mass is 450 g/mol. The summed E-state index contributed by atoms with van der Waals surface area (Å²) in [5, 5.41) is 25.6. The second-order valence-corrected chi connectivity index (χ2v) is 8.28. The summed E-state index contributed by atoms with van der Waals surface area (Å²) in [7, 11) is 0. The van der Waals surface area contributed by atoms with E-state index in [9.17, 15) is 9.59 Å². The summed E-state index contributed by atoms with van der Waals surface area (Å²) in [5.74, 6) is -2.29. The Morgan fingerprint density at radius 2 is 1.07 bits per heavy atom. The summed E-state index contributed by atoms with van der Waals surface area (Å²) in [4.78, 5) is 22.0. The molecular formula is C22H24Cl2N2O4. The fourth-order valence-corrected chi connectivity index (χ4v) is 4.63. The summed E-state index contributed by atoms with van der Waals surface area (Å²) in [5.41, 5.74) is 1.85. The number of carboxylic acid groups (broad SMARTS) is 2. The van der Waals surface area contributed by atoms with Crippen molar-refractivity contribution >= 4 is 35.1 Å². The molecule has 4 atom stereocenters. The van der Waals surface area contributed by atoms with Crippen LogP contribution in [0.2, 0.25) is 10.0 Å². The van der Waals surface area contributed by atoms with Crippen LogP contribution < -0.4 is 10.6 Å². The molecule has 30 heavy (non-hydrogen) atoms. The highest BCUT2D eigenvalue weighted by molar-refractivity contribution is 6.31. The Labute approximate surface area is 185 Å². The molecule has 0 amide bonds. The number of nitrogens with one attached hydrogen (secondary N) is 2. The Bertz CT molecular complexity index is 835. The van der Waals surface area contributed by atoms with Crippen molar-refractivity contribution in [3.05, 3.63) is 69.7 Å². The van der Waals surface area contributed by atoms with Gasteiger partial charge >= 0.3 is 11.9 Å². The summed E-state index contributed by atoms with van der Waals surface area (Å²) in [6.45, 7) is 2.40. The Morgan fingerprint density at radius 3 is 1.40 bits per heavy atom. The molecule has 0 aliphatic carbocycles. The largest absolute Gasteiger partial charge is 0.481 e. The fourth-order valence-electron chi connectivity index (χ4n) is 4.08. The van der Waals surface area contributed by atoms with Crippen molar-refractivity contribution in [3.63, 3.8) is 0 Å². The minimum Gasteiger partial charge on any atom is -0.481 e. The van der Waals surface area contributed by atoms with E-state index in [4.69, 9.17) is 33.4 Å². The standard InChI is InChI=1S/2C11H12ClNO2/c2*12-10-4-2-1-3-7(10)8-5-13-6-9(8)11(14)15/h2*1-4,8-9,13H,5-6H2,(H,14,15)/t2*8-,9+/m10/s1. The lowest BCUT2D eigenvalue weighted by Gasteiger charge is -2.16. The van der Waals surface area contributed by atoms with Crippen molar-refractivity contribution in [2.24, 2.45) is 11.8 Å². The number of hydrogen-bond acceptors (Lipinski definition) is 4. The Kier molecular flexibility index (Phi) is 7.72. The Balaban J connectivity index is 0.000000171. The molecule has 160 valence electrons. The third-order valence-corrected chi connectivity index (χ3v) is 6.36. The van der Waals surface area contributed by atoms with E-state index < -0.39 is 11.9 Å². The topological polar surface area (TPSA) is 98.7 Å². The smallest absolute Gasteiger partial charge is 0.308 e. The van der Waals surface area contributed by atoms with Gasteiger partial charge in [0, 0.05) is 48.1 Å². The van der Waals surface area contributed by atoms with E-state index in [1.165, 1.54) is 0 Å². The lowest BCUT2D eigenvalue weighted by Crippen LogP contribution is -2.21. The van der Waals surface area contributed by atoms with Gasteiger partial charge in [0.2, 0.25) is 0 Å².